The third-order valence-electron chi connectivity index (χ3n) is 4.50. The number of carbonyl (C=O) groups is 1. The van der Waals surface area contributed by atoms with E-state index in [1.807, 2.05) is 36.4 Å². The number of nitrogens with zero attached hydrogens (tertiary/aromatic N) is 1. The maximum absolute atomic E-state index is 12.4. The highest BCUT2D eigenvalue weighted by Gasteiger charge is 2.44. The third kappa shape index (κ3) is 2.98. The summed E-state index contributed by atoms with van der Waals surface area (Å²) in [4.78, 5) is 18.4. The lowest BCUT2D eigenvalue weighted by Gasteiger charge is -2.46. The van der Waals surface area contributed by atoms with E-state index in [2.05, 4.69) is 39.1 Å². The number of hydroxylamine groups is 2. The summed E-state index contributed by atoms with van der Waals surface area (Å²) in [6.07, 6.45) is 0. The molecular formula is C19H24N2O2. The van der Waals surface area contributed by atoms with Crippen LogP contribution in [0.4, 0.5) is 4.79 Å². The molecule has 0 spiro atoms. The van der Waals surface area contributed by atoms with E-state index in [0.717, 1.165) is 10.8 Å². The van der Waals surface area contributed by atoms with Crippen LogP contribution < -0.4 is 10.2 Å². The highest BCUT2D eigenvalue weighted by atomic mass is 16.7. The average Bonchev–Trinajstić information content (AvgIpc) is 2.50. The molecule has 122 valence electrons. The van der Waals surface area contributed by atoms with Crippen LogP contribution in [0, 0.1) is 11.3 Å². The fraction of sp³-hybridized carbons (Fsp3) is 0.421. The fourth-order valence-corrected chi connectivity index (χ4v) is 3.54. The lowest BCUT2D eigenvalue weighted by Crippen LogP contribution is -2.63. The highest BCUT2D eigenvalue weighted by Crippen LogP contribution is 2.34. The summed E-state index contributed by atoms with van der Waals surface area (Å²) < 4.78 is 0. The van der Waals surface area contributed by atoms with Gasteiger partial charge in [-0.3, -0.25) is 0 Å². The Morgan fingerprint density at radius 1 is 1.17 bits per heavy atom. The van der Waals surface area contributed by atoms with Crippen molar-refractivity contribution in [2.45, 2.75) is 33.7 Å². The van der Waals surface area contributed by atoms with E-state index in [1.165, 1.54) is 5.06 Å². The maximum atomic E-state index is 12.4. The van der Waals surface area contributed by atoms with Gasteiger partial charge in [-0.1, -0.05) is 58.0 Å². The van der Waals surface area contributed by atoms with Crippen LogP contribution in [0.1, 0.15) is 27.7 Å². The molecule has 2 aromatic carbocycles. The molecule has 0 saturated carbocycles. The zero-order chi connectivity index (χ0) is 16.6. The van der Waals surface area contributed by atoms with Crippen LogP contribution in [0.3, 0.4) is 0 Å². The van der Waals surface area contributed by atoms with Gasteiger partial charge in [0.2, 0.25) is 0 Å². The molecule has 4 nitrogen and oxygen atoms in total. The van der Waals surface area contributed by atoms with Gasteiger partial charge in [0.1, 0.15) is 0 Å². The van der Waals surface area contributed by atoms with Gasteiger partial charge in [-0.2, -0.15) is 5.06 Å². The van der Waals surface area contributed by atoms with Gasteiger partial charge in [-0.05, 0) is 28.8 Å². The van der Waals surface area contributed by atoms with Crippen molar-refractivity contribution in [1.29, 1.82) is 0 Å². The van der Waals surface area contributed by atoms with E-state index in [4.69, 9.17) is 4.84 Å². The van der Waals surface area contributed by atoms with Crippen LogP contribution in [-0.4, -0.2) is 23.7 Å². The maximum Gasteiger partial charge on any atom is 0.350 e. The largest absolute Gasteiger partial charge is 0.375 e. The summed E-state index contributed by atoms with van der Waals surface area (Å²) >= 11 is 0. The summed E-state index contributed by atoms with van der Waals surface area (Å²) in [5, 5.41) is 6.69. The molecule has 0 aromatic heterocycles. The summed E-state index contributed by atoms with van der Waals surface area (Å²) in [5.41, 5.74) is -0.0566. The predicted molar refractivity (Wildman–Crippen MR) is 92.2 cm³/mol. The molecular weight excluding hydrogens is 288 g/mol. The number of carbonyl (C=O) groups excluding carboxylic acids is 1. The van der Waals surface area contributed by atoms with Gasteiger partial charge in [0.15, 0.2) is 5.75 Å². The fourth-order valence-electron chi connectivity index (χ4n) is 3.54. The molecule has 1 aliphatic rings. The molecule has 4 heteroatoms. The lowest BCUT2D eigenvalue weighted by molar-refractivity contribution is -0.114. The third-order valence-corrected chi connectivity index (χ3v) is 4.50. The zero-order valence-corrected chi connectivity index (χ0v) is 14.2. The smallest absolute Gasteiger partial charge is 0.350 e. The van der Waals surface area contributed by atoms with Crippen molar-refractivity contribution in [2.75, 3.05) is 6.54 Å². The Balaban J connectivity index is 1.92. The molecule has 0 bridgehead atoms. The Labute approximate surface area is 137 Å². The highest BCUT2D eigenvalue weighted by molar-refractivity contribution is 5.83. The molecule has 1 unspecified atom stereocenters. The van der Waals surface area contributed by atoms with Crippen molar-refractivity contribution in [3.63, 3.8) is 0 Å². The first-order valence-corrected chi connectivity index (χ1v) is 8.12. The van der Waals surface area contributed by atoms with Crippen LogP contribution >= 0.6 is 0 Å². The molecule has 1 fully saturated rings. The van der Waals surface area contributed by atoms with Crippen molar-refractivity contribution in [3.8, 4) is 5.75 Å². The first-order valence-electron chi connectivity index (χ1n) is 8.12. The van der Waals surface area contributed by atoms with Crippen LogP contribution in [0.25, 0.3) is 10.8 Å². The number of hydrogen-bond donors (Lipinski definition) is 1. The summed E-state index contributed by atoms with van der Waals surface area (Å²) in [5.74, 6) is 0.985. The zero-order valence-electron chi connectivity index (χ0n) is 14.2. The van der Waals surface area contributed by atoms with Crippen molar-refractivity contribution in [3.05, 3.63) is 42.5 Å². The number of fused-ring (bicyclic) bond motifs is 1. The molecule has 1 saturated heterocycles. The van der Waals surface area contributed by atoms with Gasteiger partial charge in [0.25, 0.3) is 0 Å². The van der Waals surface area contributed by atoms with Gasteiger partial charge < -0.3 is 10.2 Å². The van der Waals surface area contributed by atoms with Gasteiger partial charge in [0.05, 0.1) is 6.04 Å². The van der Waals surface area contributed by atoms with Crippen molar-refractivity contribution in [1.82, 2.24) is 10.4 Å². The molecule has 0 radical (unpaired) electrons. The summed E-state index contributed by atoms with van der Waals surface area (Å²) in [7, 11) is 0. The molecule has 3 rings (SSSR count). The molecule has 1 N–H and O–H groups in total. The van der Waals surface area contributed by atoms with Gasteiger partial charge in [0, 0.05) is 12.0 Å². The van der Waals surface area contributed by atoms with Crippen LogP contribution in [-0.2, 0) is 0 Å². The minimum atomic E-state index is -0.170. The first kappa shape index (κ1) is 15.7. The van der Waals surface area contributed by atoms with Crippen LogP contribution in [0.15, 0.2) is 42.5 Å². The molecule has 1 heterocycles. The van der Waals surface area contributed by atoms with E-state index < -0.39 is 0 Å². The molecule has 1 atom stereocenters. The Kier molecular flexibility index (Phi) is 3.92. The van der Waals surface area contributed by atoms with Crippen LogP contribution in [0.2, 0.25) is 0 Å². The first-order chi connectivity index (χ1) is 10.9. The van der Waals surface area contributed by atoms with Crippen molar-refractivity contribution < 1.29 is 9.63 Å². The summed E-state index contributed by atoms with van der Waals surface area (Å²) in [6, 6.07) is 13.9. The molecule has 1 aliphatic heterocycles. The molecule has 0 aliphatic carbocycles. The average molecular weight is 312 g/mol. The van der Waals surface area contributed by atoms with Crippen molar-refractivity contribution in [2.24, 2.45) is 11.3 Å². The van der Waals surface area contributed by atoms with Gasteiger partial charge in [-0.25, -0.2) is 4.79 Å². The van der Waals surface area contributed by atoms with E-state index in [-0.39, 0.29) is 17.5 Å². The van der Waals surface area contributed by atoms with E-state index in [1.54, 1.807) is 0 Å². The van der Waals surface area contributed by atoms with E-state index >= 15 is 0 Å². The number of amides is 2. The van der Waals surface area contributed by atoms with Gasteiger partial charge in [-0.15, -0.1) is 0 Å². The number of hydrogen-bond acceptors (Lipinski definition) is 2. The van der Waals surface area contributed by atoms with E-state index in [0.29, 0.717) is 18.2 Å². The number of benzene rings is 2. The van der Waals surface area contributed by atoms with Gasteiger partial charge >= 0.3 is 6.03 Å². The Morgan fingerprint density at radius 2 is 1.87 bits per heavy atom. The minimum absolute atomic E-state index is 0.0164. The normalized spacial score (nSPS) is 20.7. The lowest BCUT2D eigenvalue weighted by atomic mass is 9.77. The SMILES string of the molecule is CC(C)C1N(Oc2ccc3ccccc3c2)C(=O)NCC1(C)C. The van der Waals surface area contributed by atoms with Crippen LogP contribution in [0.5, 0.6) is 5.75 Å². The number of urea groups is 1. The molecule has 23 heavy (non-hydrogen) atoms. The summed E-state index contributed by atoms with van der Waals surface area (Å²) in [6.45, 7) is 9.23. The minimum Gasteiger partial charge on any atom is -0.375 e. The number of rotatable bonds is 3. The second kappa shape index (κ2) is 5.76. The molecule has 2 amide bonds. The Morgan fingerprint density at radius 3 is 2.57 bits per heavy atom. The van der Waals surface area contributed by atoms with Crippen molar-refractivity contribution >= 4 is 16.8 Å². The second-order valence-corrected chi connectivity index (χ2v) is 7.26. The second-order valence-electron chi connectivity index (χ2n) is 7.26. The quantitative estimate of drug-likeness (QED) is 0.922. The van der Waals surface area contributed by atoms with E-state index in [9.17, 15) is 4.79 Å². The predicted octanol–water partition coefficient (Wildman–Crippen LogP) is 4.21. The standard InChI is InChI=1S/C19H24N2O2/c1-13(2)17-19(3,4)12-20-18(22)21(17)23-16-10-9-14-7-5-6-8-15(14)11-16/h5-11,13,17H,12H2,1-4H3,(H,20,22). The Bertz CT molecular complexity index is 724. The topological polar surface area (TPSA) is 41.6 Å². The monoisotopic (exact) mass is 312 g/mol. The Hall–Kier alpha value is -2.23. The molecule has 2 aromatic rings. The number of nitrogens with one attached hydrogen (secondary N) is 1.